The van der Waals surface area contributed by atoms with E-state index >= 15 is 0 Å². The van der Waals surface area contributed by atoms with Crippen molar-refractivity contribution >= 4 is 11.9 Å². The first-order chi connectivity index (χ1) is 10.4. The van der Waals surface area contributed by atoms with Crippen LogP contribution in [-0.4, -0.2) is 37.7 Å². The van der Waals surface area contributed by atoms with Gasteiger partial charge in [0.05, 0.1) is 6.61 Å². The fraction of sp³-hybridized carbons (Fsp3) is 0.500. The summed E-state index contributed by atoms with van der Waals surface area (Å²) in [5, 5.41) is 2.72. The molecule has 1 aromatic rings. The van der Waals surface area contributed by atoms with Crippen molar-refractivity contribution in [3.8, 4) is 0 Å². The van der Waals surface area contributed by atoms with Gasteiger partial charge in [0.25, 0.3) is 0 Å². The Hall–Kier alpha value is -1.92. The lowest BCUT2D eigenvalue weighted by Gasteiger charge is -2.25. The zero-order valence-corrected chi connectivity index (χ0v) is 13.3. The van der Waals surface area contributed by atoms with Gasteiger partial charge in [-0.2, -0.15) is 0 Å². The van der Waals surface area contributed by atoms with Crippen LogP contribution in [0.15, 0.2) is 30.3 Å². The lowest BCUT2D eigenvalue weighted by atomic mass is 10.1. The van der Waals surface area contributed by atoms with Gasteiger partial charge in [-0.15, -0.1) is 0 Å². The molecule has 0 fully saturated rings. The highest BCUT2D eigenvalue weighted by Gasteiger charge is 2.32. The van der Waals surface area contributed by atoms with E-state index in [1.807, 2.05) is 30.3 Å². The van der Waals surface area contributed by atoms with Gasteiger partial charge in [0.1, 0.15) is 5.60 Å². The summed E-state index contributed by atoms with van der Waals surface area (Å²) >= 11 is 0. The standard InChI is InChI=1S/C16H24N2O4/c1-16(2,11-17)22-15(20)13(10-21-3)14(19)18-9-12-7-5-4-6-8-12/h4-8,13H,9-11,17H2,1-3H3,(H,18,19)/t13-/m1/s1. The quantitative estimate of drug-likeness (QED) is 0.549. The van der Waals surface area contributed by atoms with Gasteiger partial charge in [0, 0.05) is 20.2 Å². The molecule has 1 amide bonds. The molecule has 0 saturated heterocycles. The molecular formula is C16H24N2O4. The lowest BCUT2D eigenvalue weighted by Crippen LogP contribution is -2.44. The normalized spacial score (nSPS) is 12.5. The van der Waals surface area contributed by atoms with Crippen molar-refractivity contribution in [3.05, 3.63) is 35.9 Å². The van der Waals surface area contributed by atoms with Crippen molar-refractivity contribution in [2.24, 2.45) is 11.7 Å². The van der Waals surface area contributed by atoms with Crippen LogP contribution in [0.5, 0.6) is 0 Å². The molecular weight excluding hydrogens is 284 g/mol. The Balaban J connectivity index is 2.65. The van der Waals surface area contributed by atoms with Crippen molar-refractivity contribution in [1.82, 2.24) is 5.32 Å². The van der Waals surface area contributed by atoms with Gasteiger partial charge in [-0.1, -0.05) is 30.3 Å². The van der Waals surface area contributed by atoms with E-state index in [-0.39, 0.29) is 13.2 Å². The summed E-state index contributed by atoms with van der Waals surface area (Å²) in [6, 6.07) is 9.44. The Bertz CT molecular complexity index is 488. The van der Waals surface area contributed by atoms with Crippen LogP contribution in [0, 0.1) is 5.92 Å². The first-order valence-electron chi connectivity index (χ1n) is 7.13. The van der Waals surface area contributed by atoms with Gasteiger partial charge >= 0.3 is 5.97 Å². The highest BCUT2D eigenvalue weighted by Crippen LogP contribution is 2.12. The predicted octanol–water partition coefficient (Wildman–Crippen LogP) is 0.846. The Morgan fingerprint density at radius 2 is 1.91 bits per heavy atom. The second kappa shape index (κ2) is 8.51. The van der Waals surface area contributed by atoms with E-state index in [0.29, 0.717) is 6.54 Å². The molecule has 0 aliphatic heterocycles. The Kier molecular flexibility index (Phi) is 7.01. The zero-order chi connectivity index (χ0) is 16.6. The number of nitrogens with two attached hydrogens (primary N) is 1. The molecule has 0 aromatic heterocycles. The number of methoxy groups -OCH3 is 1. The van der Waals surface area contributed by atoms with E-state index in [2.05, 4.69) is 5.32 Å². The zero-order valence-electron chi connectivity index (χ0n) is 13.3. The average molecular weight is 308 g/mol. The number of rotatable bonds is 8. The second-order valence-corrected chi connectivity index (χ2v) is 5.60. The molecule has 0 aliphatic carbocycles. The summed E-state index contributed by atoms with van der Waals surface area (Å²) in [7, 11) is 1.43. The van der Waals surface area contributed by atoms with Gasteiger partial charge in [0.2, 0.25) is 5.91 Å². The van der Waals surface area contributed by atoms with Gasteiger partial charge in [-0.3, -0.25) is 9.59 Å². The van der Waals surface area contributed by atoms with Crippen molar-refractivity contribution in [3.63, 3.8) is 0 Å². The number of esters is 1. The van der Waals surface area contributed by atoms with Crippen molar-refractivity contribution in [2.75, 3.05) is 20.3 Å². The first-order valence-corrected chi connectivity index (χ1v) is 7.13. The van der Waals surface area contributed by atoms with Crippen LogP contribution in [0.25, 0.3) is 0 Å². The largest absolute Gasteiger partial charge is 0.458 e. The fourth-order valence-corrected chi connectivity index (χ4v) is 1.71. The molecule has 6 heteroatoms. The van der Waals surface area contributed by atoms with E-state index in [4.69, 9.17) is 15.2 Å². The van der Waals surface area contributed by atoms with E-state index in [1.165, 1.54) is 7.11 Å². The van der Waals surface area contributed by atoms with Crippen molar-refractivity contribution in [2.45, 2.75) is 26.0 Å². The summed E-state index contributed by atoms with van der Waals surface area (Å²) < 4.78 is 10.2. The minimum Gasteiger partial charge on any atom is -0.458 e. The highest BCUT2D eigenvalue weighted by molar-refractivity contribution is 5.98. The topological polar surface area (TPSA) is 90.6 Å². The third-order valence-electron chi connectivity index (χ3n) is 3.11. The van der Waals surface area contributed by atoms with Crippen LogP contribution < -0.4 is 11.1 Å². The number of carbonyl (C=O) groups excluding carboxylic acids is 2. The van der Waals surface area contributed by atoms with Gasteiger partial charge in [-0.25, -0.2) is 0 Å². The monoisotopic (exact) mass is 308 g/mol. The molecule has 0 unspecified atom stereocenters. The maximum absolute atomic E-state index is 12.2. The Labute approximate surface area is 131 Å². The second-order valence-electron chi connectivity index (χ2n) is 5.60. The SMILES string of the molecule is COC[C@H](C(=O)NCc1ccccc1)C(=O)OC(C)(C)CN. The van der Waals surface area contributed by atoms with Crippen LogP contribution in [0.3, 0.4) is 0 Å². The summed E-state index contributed by atoms with van der Waals surface area (Å²) in [6.45, 7) is 3.85. The summed E-state index contributed by atoms with van der Waals surface area (Å²) in [5.41, 5.74) is 5.66. The van der Waals surface area contributed by atoms with Crippen LogP contribution in [0.1, 0.15) is 19.4 Å². The van der Waals surface area contributed by atoms with Crippen LogP contribution >= 0.6 is 0 Å². The van der Waals surface area contributed by atoms with E-state index in [0.717, 1.165) is 5.56 Å². The van der Waals surface area contributed by atoms with Crippen molar-refractivity contribution < 1.29 is 19.1 Å². The summed E-state index contributed by atoms with van der Waals surface area (Å²) in [6.07, 6.45) is 0. The number of hydrogen-bond acceptors (Lipinski definition) is 5. The molecule has 6 nitrogen and oxygen atoms in total. The number of nitrogens with one attached hydrogen (secondary N) is 1. The number of ether oxygens (including phenoxy) is 2. The van der Waals surface area contributed by atoms with Gasteiger partial charge in [0.15, 0.2) is 5.92 Å². The molecule has 0 aliphatic rings. The predicted molar refractivity (Wildman–Crippen MR) is 82.9 cm³/mol. The van der Waals surface area contributed by atoms with Crippen LogP contribution in [-0.2, 0) is 25.6 Å². The third kappa shape index (κ3) is 5.83. The van der Waals surface area contributed by atoms with Crippen molar-refractivity contribution in [1.29, 1.82) is 0 Å². The summed E-state index contributed by atoms with van der Waals surface area (Å²) in [4.78, 5) is 24.3. The van der Waals surface area contributed by atoms with E-state index in [1.54, 1.807) is 13.8 Å². The number of amides is 1. The molecule has 122 valence electrons. The minimum absolute atomic E-state index is 0.0416. The maximum Gasteiger partial charge on any atom is 0.321 e. The molecule has 3 N–H and O–H groups in total. The van der Waals surface area contributed by atoms with E-state index < -0.39 is 23.4 Å². The minimum atomic E-state index is -1.01. The molecule has 22 heavy (non-hydrogen) atoms. The molecule has 0 radical (unpaired) electrons. The van der Waals surface area contributed by atoms with Crippen LogP contribution in [0.4, 0.5) is 0 Å². The van der Waals surface area contributed by atoms with E-state index in [9.17, 15) is 9.59 Å². The number of benzene rings is 1. The molecule has 1 atom stereocenters. The average Bonchev–Trinajstić information content (AvgIpc) is 2.50. The lowest BCUT2D eigenvalue weighted by molar-refractivity contribution is -0.165. The smallest absolute Gasteiger partial charge is 0.321 e. The molecule has 0 saturated carbocycles. The molecule has 0 bridgehead atoms. The van der Waals surface area contributed by atoms with Gasteiger partial charge < -0.3 is 20.5 Å². The molecule has 0 spiro atoms. The summed E-state index contributed by atoms with van der Waals surface area (Å²) in [5.74, 6) is -2.08. The Morgan fingerprint density at radius 3 is 2.45 bits per heavy atom. The molecule has 1 rings (SSSR count). The first kappa shape index (κ1) is 18.1. The number of carbonyl (C=O) groups is 2. The number of hydrogen-bond donors (Lipinski definition) is 2. The fourth-order valence-electron chi connectivity index (χ4n) is 1.71. The maximum atomic E-state index is 12.2. The Morgan fingerprint density at radius 1 is 1.27 bits per heavy atom. The third-order valence-corrected chi connectivity index (χ3v) is 3.11. The molecule has 1 aromatic carbocycles. The van der Waals surface area contributed by atoms with Gasteiger partial charge in [-0.05, 0) is 19.4 Å². The highest BCUT2D eigenvalue weighted by atomic mass is 16.6. The van der Waals surface area contributed by atoms with Crippen LogP contribution in [0.2, 0.25) is 0 Å². The molecule has 0 heterocycles.